The van der Waals surface area contributed by atoms with Crippen LogP contribution in [0.15, 0.2) is 72.9 Å². The van der Waals surface area contributed by atoms with Gasteiger partial charge in [0, 0.05) is 26.0 Å². The molecule has 28 heavy (non-hydrogen) atoms. The summed E-state index contributed by atoms with van der Waals surface area (Å²) in [5.74, 6) is 2.16. The molecule has 0 saturated carbocycles. The highest BCUT2D eigenvalue weighted by Gasteiger charge is 2.15. The molecule has 0 unspecified atom stereocenters. The third kappa shape index (κ3) is 5.31. The van der Waals surface area contributed by atoms with Crippen molar-refractivity contribution in [3.05, 3.63) is 78.5 Å². The van der Waals surface area contributed by atoms with Gasteiger partial charge in [-0.05, 0) is 60.5 Å². The van der Waals surface area contributed by atoms with Crippen LogP contribution in [0.5, 0.6) is 11.5 Å². The van der Waals surface area contributed by atoms with Gasteiger partial charge in [0.1, 0.15) is 17.3 Å². The number of benzene rings is 2. The fourth-order valence-corrected chi connectivity index (χ4v) is 2.69. The Morgan fingerprint density at radius 1 is 1.04 bits per heavy atom. The highest BCUT2D eigenvalue weighted by molar-refractivity contribution is 5.81. The number of aromatic nitrogens is 1. The van der Waals surface area contributed by atoms with E-state index in [1.54, 1.807) is 20.3 Å². The molecule has 0 saturated heterocycles. The Balaban J connectivity index is 1.57. The van der Waals surface area contributed by atoms with Gasteiger partial charge < -0.3 is 20.7 Å². The van der Waals surface area contributed by atoms with Gasteiger partial charge in [-0.1, -0.05) is 18.2 Å². The average Bonchev–Trinajstić information content (AvgIpc) is 2.71. The molecule has 6 heteroatoms. The maximum absolute atomic E-state index is 11.9. The minimum atomic E-state index is -0.541. The number of rotatable bonds is 7. The minimum absolute atomic E-state index is 0.0836. The molecule has 2 aromatic carbocycles. The van der Waals surface area contributed by atoms with Crippen molar-refractivity contribution < 1.29 is 9.53 Å². The van der Waals surface area contributed by atoms with E-state index < -0.39 is 6.04 Å². The van der Waals surface area contributed by atoms with E-state index in [4.69, 9.17) is 10.5 Å². The van der Waals surface area contributed by atoms with Gasteiger partial charge in [-0.3, -0.25) is 4.79 Å². The van der Waals surface area contributed by atoms with Crippen LogP contribution in [0.25, 0.3) is 0 Å². The maximum Gasteiger partial charge on any atom is 0.239 e. The zero-order valence-electron chi connectivity index (χ0n) is 16.0. The quantitative estimate of drug-likeness (QED) is 0.659. The van der Waals surface area contributed by atoms with Crippen LogP contribution in [-0.2, 0) is 11.2 Å². The van der Waals surface area contributed by atoms with E-state index in [1.165, 1.54) is 4.90 Å². The monoisotopic (exact) mass is 376 g/mol. The predicted octanol–water partition coefficient (Wildman–Crippen LogP) is 3.58. The second-order valence-corrected chi connectivity index (χ2v) is 6.65. The van der Waals surface area contributed by atoms with Gasteiger partial charge in [-0.2, -0.15) is 0 Å². The van der Waals surface area contributed by atoms with Crippen molar-refractivity contribution >= 4 is 17.4 Å². The number of hydrogen-bond donors (Lipinski definition) is 2. The van der Waals surface area contributed by atoms with Gasteiger partial charge in [0.25, 0.3) is 0 Å². The summed E-state index contributed by atoms with van der Waals surface area (Å²) in [5.41, 5.74) is 7.87. The van der Waals surface area contributed by atoms with Crippen LogP contribution in [0.2, 0.25) is 0 Å². The first kappa shape index (κ1) is 19.4. The summed E-state index contributed by atoms with van der Waals surface area (Å²) in [5, 5.41) is 3.23. The number of anilines is 2. The molecule has 0 spiro atoms. The summed E-state index contributed by atoms with van der Waals surface area (Å²) in [6, 6.07) is 20.4. The van der Waals surface area contributed by atoms with Gasteiger partial charge in [0.15, 0.2) is 0 Å². The number of hydrogen-bond acceptors (Lipinski definition) is 5. The third-order valence-corrected chi connectivity index (χ3v) is 4.16. The summed E-state index contributed by atoms with van der Waals surface area (Å²) >= 11 is 0. The minimum Gasteiger partial charge on any atom is -0.457 e. The Hall–Kier alpha value is -3.38. The predicted molar refractivity (Wildman–Crippen MR) is 111 cm³/mol. The average molecular weight is 376 g/mol. The largest absolute Gasteiger partial charge is 0.457 e. The molecular weight excluding hydrogens is 352 g/mol. The summed E-state index contributed by atoms with van der Waals surface area (Å²) in [7, 11) is 3.41. The lowest BCUT2D eigenvalue weighted by Crippen LogP contribution is -2.41. The molecule has 3 rings (SSSR count). The first-order chi connectivity index (χ1) is 13.5. The van der Waals surface area contributed by atoms with Crippen molar-refractivity contribution in [1.82, 2.24) is 9.88 Å². The van der Waals surface area contributed by atoms with Crippen molar-refractivity contribution in [3.63, 3.8) is 0 Å². The van der Waals surface area contributed by atoms with Gasteiger partial charge in [-0.15, -0.1) is 0 Å². The number of nitrogens with zero attached hydrogens (tertiary/aromatic N) is 2. The Kier molecular flexibility index (Phi) is 6.24. The molecule has 0 bridgehead atoms. The second kappa shape index (κ2) is 9.01. The molecule has 0 aliphatic rings. The third-order valence-electron chi connectivity index (χ3n) is 4.16. The summed E-state index contributed by atoms with van der Waals surface area (Å²) < 4.78 is 5.88. The molecule has 1 amide bonds. The number of ether oxygens (including phenoxy) is 1. The lowest BCUT2D eigenvalue weighted by molar-refractivity contribution is -0.130. The normalized spacial score (nSPS) is 11.5. The molecular formula is C22H24N4O2. The zero-order valence-corrected chi connectivity index (χ0v) is 16.0. The van der Waals surface area contributed by atoms with E-state index in [0.29, 0.717) is 6.42 Å². The van der Waals surface area contributed by atoms with Crippen molar-refractivity contribution in [1.29, 1.82) is 0 Å². The standard InChI is InChI=1S/C22H24N4O2/c1-26(2)22(27)20(23)15-16-6-10-18(11-7-16)28-19-12-8-17(9-13-19)25-21-5-3-4-14-24-21/h3-14,20H,15,23H2,1-2H3,(H,24,25)/t20-/m0/s1. The second-order valence-electron chi connectivity index (χ2n) is 6.65. The molecule has 0 fully saturated rings. The lowest BCUT2D eigenvalue weighted by atomic mass is 10.1. The first-order valence-corrected chi connectivity index (χ1v) is 9.03. The fraction of sp³-hybridized carbons (Fsp3) is 0.182. The maximum atomic E-state index is 11.9. The molecule has 1 aromatic heterocycles. The Labute approximate surface area is 165 Å². The van der Waals surface area contributed by atoms with Crippen molar-refractivity contribution in [3.8, 4) is 11.5 Å². The molecule has 1 atom stereocenters. The van der Waals surface area contributed by atoms with Gasteiger partial charge in [0.05, 0.1) is 6.04 Å². The van der Waals surface area contributed by atoms with Crippen LogP contribution in [0.4, 0.5) is 11.5 Å². The number of likely N-dealkylation sites (N-methyl/N-ethyl adjacent to an activating group) is 1. The Morgan fingerprint density at radius 2 is 1.68 bits per heavy atom. The Morgan fingerprint density at radius 3 is 2.25 bits per heavy atom. The molecule has 3 aromatic rings. The zero-order chi connectivity index (χ0) is 19.9. The summed E-state index contributed by atoms with van der Waals surface area (Å²) in [6.07, 6.45) is 2.23. The number of carbonyl (C=O) groups is 1. The van der Waals surface area contributed by atoms with E-state index in [9.17, 15) is 4.79 Å². The molecule has 0 aliphatic carbocycles. The van der Waals surface area contributed by atoms with Crippen LogP contribution in [0, 0.1) is 0 Å². The number of nitrogens with two attached hydrogens (primary N) is 1. The number of pyridine rings is 1. The van der Waals surface area contributed by atoms with Crippen LogP contribution < -0.4 is 15.8 Å². The molecule has 0 aliphatic heterocycles. The molecule has 1 heterocycles. The lowest BCUT2D eigenvalue weighted by Gasteiger charge is -2.16. The van der Waals surface area contributed by atoms with Crippen LogP contribution in [0.1, 0.15) is 5.56 Å². The molecule has 0 radical (unpaired) electrons. The SMILES string of the molecule is CN(C)C(=O)[C@@H](N)Cc1ccc(Oc2ccc(Nc3ccccn3)cc2)cc1. The van der Waals surface area contributed by atoms with Crippen LogP contribution >= 0.6 is 0 Å². The van der Waals surface area contributed by atoms with Crippen molar-refractivity contribution in [2.75, 3.05) is 19.4 Å². The number of nitrogens with one attached hydrogen (secondary N) is 1. The Bertz CT molecular complexity index is 894. The summed E-state index contributed by atoms with van der Waals surface area (Å²) in [6.45, 7) is 0. The highest BCUT2D eigenvalue weighted by Crippen LogP contribution is 2.24. The van der Waals surface area contributed by atoms with E-state index in [1.807, 2.05) is 66.7 Å². The van der Waals surface area contributed by atoms with Crippen molar-refractivity contribution in [2.45, 2.75) is 12.5 Å². The number of amides is 1. The van der Waals surface area contributed by atoms with E-state index in [2.05, 4.69) is 10.3 Å². The number of carbonyl (C=O) groups excluding carboxylic acids is 1. The van der Waals surface area contributed by atoms with Crippen molar-refractivity contribution in [2.24, 2.45) is 5.73 Å². The van der Waals surface area contributed by atoms with Crippen LogP contribution in [-0.4, -0.2) is 35.9 Å². The molecule has 6 nitrogen and oxygen atoms in total. The fourth-order valence-electron chi connectivity index (χ4n) is 2.69. The molecule has 144 valence electrons. The summed E-state index contributed by atoms with van der Waals surface area (Å²) in [4.78, 5) is 17.6. The van der Waals surface area contributed by atoms with E-state index in [-0.39, 0.29) is 5.91 Å². The smallest absolute Gasteiger partial charge is 0.239 e. The highest BCUT2D eigenvalue weighted by atomic mass is 16.5. The van der Waals surface area contributed by atoms with E-state index >= 15 is 0 Å². The van der Waals surface area contributed by atoms with E-state index in [0.717, 1.165) is 28.6 Å². The first-order valence-electron chi connectivity index (χ1n) is 9.03. The van der Waals surface area contributed by atoms with Gasteiger partial charge in [-0.25, -0.2) is 4.98 Å². The van der Waals surface area contributed by atoms with Gasteiger partial charge >= 0.3 is 0 Å². The molecule has 3 N–H and O–H groups in total. The van der Waals surface area contributed by atoms with Crippen LogP contribution in [0.3, 0.4) is 0 Å². The van der Waals surface area contributed by atoms with Gasteiger partial charge in [0.2, 0.25) is 5.91 Å². The topological polar surface area (TPSA) is 80.5 Å².